The van der Waals surface area contributed by atoms with E-state index < -0.39 is 0 Å². The molecule has 0 N–H and O–H groups in total. The lowest BCUT2D eigenvalue weighted by Crippen LogP contribution is -2.33. The molecule has 0 saturated carbocycles. The molecule has 33 heavy (non-hydrogen) atoms. The van der Waals surface area contributed by atoms with Gasteiger partial charge in [-0.05, 0) is 63.0 Å². The first-order chi connectivity index (χ1) is 16.3. The fraction of sp³-hybridized carbons (Fsp3) is 0.480. The van der Waals surface area contributed by atoms with Crippen LogP contribution < -0.4 is 4.74 Å². The van der Waals surface area contributed by atoms with Crippen LogP contribution in [-0.2, 0) is 11.3 Å². The molecular weight excluding hydrogens is 434 g/mol. The number of hydrogen-bond donors (Lipinski definition) is 0. The number of aromatic nitrogens is 4. The number of benzene rings is 1. The average Bonchev–Trinajstić information content (AvgIpc) is 3.54. The summed E-state index contributed by atoms with van der Waals surface area (Å²) in [7, 11) is 1.70. The van der Waals surface area contributed by atoms with Crippen molar-refractivity contribution in [2.75, 3.05) is 32.6 Å². The van der Waals surface area contributed by atoms with Crippen LogP contribution in [0.3, 0.4) is 0 Å². The molecule has 4 heterocycles. The van der Waals surface area contributed by atoms with Gasteiger partial charge >= 0.3 is 0 Å². The number of pyridine rings is 1. The van der Waals surface area contributed by atoms with Crippen LogP contribution in [0.15, 0.2) is 53.8 Å². The molecule has 0 bridgehead atoms. The number of likely N-dealkylation sites (tertiary alicyclic amines) is 1. The van der Waals surface area contributed by atoms with Gasteiger partial charge in [0, 0.05) is 37.1 Å². The van der Waals surface area contributed by atoms with Crippen LogP contribution in [0.2, 0.25) is 0 Å². The number of rotatable bonds is 8. The quantitative estimate of drug-likeness (QED) is 0.459. The van der Waals surface area contributed by atoms with Crippen LogP contribution in [0.4, 0.5) is 0 Å². The van der Waals surface area contributed by atoms with Crippen molar-refractivity contribution in [1.82, 2.24) is 24.6 Å². The number of piperidine rings is 1. The van der Waals surface area contributed by atoms with Crippen molar-refractivity contribution in [3.8, 4) is 11.4 Å². The van der Waals surface area contributed by atoms with Gasteiger partial charge in [0.25, 0.3) is 0 Å². The Balaban J connectivity index is 1.34. The van der Waals surface area contributed by atoms with E-state index in [4.69, 9.17) is 14.6 Å². The molecule has 1 aromatic carbocycles. The molecule has 3 aromatic rings. The van der Waals surface area contributed by atoms with Gasteiger partial charge in [0.2, 0.25) is 0 Å². The predicted octanol–water partition coefficient (Wildman–Crippen LogP) is 4.32. The second-order valence-electron chi connectivity index (χ2n) is 8.70. The molecule has 2 saturated heterocycles. The van der Waals surface area contributed by atoms with Crippen LogP contribution in [0, 0.1) is 0 Å². The maximum absolute atomic E-state index is 5.83. The lowest BCUT2D eigenvalue weighted by Gasteiger charge is -2.31. The summed E-state index contributed by atoms with van der Waals surface area (Å²) in [6.45, 7) is 3.84. The van der Waals surface area contributed by atoms with Crippen molar-refractivity contribution in [3.05, 3.63) is 60.2 Å². The minimum Gasteiger partial charge on any atom is -0.497 e. The Bertz CT molecular complexity index is 1030. The highest BCUT2D eigenvalue weighted by Gasteiger charge is 2.28. The van der Waals surface area contributed by atoms with E-state index >= 15 is 0 Å². The summed E-state index contributed by atoms with van der Waals surface area (Å²) in [5, 5.41) is 10.3. The lowest BCUT2D eigenvalue weighted by molar-refractivity contribution is 0.129. The predicted molar refractivity (Wildman–Crippen MR) is 129 cm³/mol. The molecular formula is C25H31N5O2S. The molecule has 8 heteroatoms. The highest BCUT2D eigenvalue weighted by atomic mass is 32.2. The van der Waals surface area contributed by atoms with Crippen molar-refractivity contribution in [1.29, 1.82) is 0 Å². The molecule has 5 rings (SSSR count). The van der Waals surface area contributed by atoms with E-state index in [1.54, 1.807) is 18.9 Å². The van der Waals surface area contributed by atoms with Gasteiger partial charge in [-0.15, -0.1) is 10.2 Å². The SMILES string of the molecule is COc1cccc(-n2c(SC[C@@H]3CCCO3)nnc2C2CCN(Cc3ccccn3)CC2)c1. The van der Waals surface area contributed by atoms with Gasteiger partial charge in [0.15, 0.2) is 5.16 Å². The molecule has 2 aromatic heterocycles. The van der Waals surface area contributed by atoms with Crippen LogP contribution in [0.5, 0.6) is 5.75 Å². The topological polar surface area (TPSA) is 65.3 Å². The van der Waals surface area contributed by atoms with Crippen molar-refractivity contribution in [3.63, 3.8) is 0 Å². The molecule has 0 unspecified atom stereocenters. The summed E-state index contributed by atoms with van der Waals surface area (Å²) in [4.78, 5) is 6.97. The number of hydrogen-bond acceptors (Lipinski definition) is 7. The first kappa shape index (κ1) is 22.4. The lowest BCUT2D eigenvalue weighted by atomic mass is 9.95. The third-order valence-electron chi connectivity index (χ3n) is 6.46. The van der Waals surface area contributed by atoms with E-state index in [9.17, 15) is 0 Å². The Labute approximate surface area is 199 Å². The van der Waals surface area contributed by atoms with E-state index in [0.717, 1.165) is 85.8 Å². The van der Waals surface area contributed by atoms with Crippen LogP contribution in [-0.4, -0.2) is 63.3 Å². The van der Waals surface area contributed by atoms with E-state index in [0.29, 0.717) is 12.0 Å². The molecule has 0 radical (unpaired) electrons. The van der Waals surface area contributed by atoms with Crippen molar-refractivity contribution in [2.45, 2.75) is 49.4 Å². The summed E-state index contributed by atoms with van der Waals surface area (Å²) >= 11 is 1.74. The second-order valence-corrected chi connectivity index (χ2v) is 9.68. The maximum Gasteiger partial charge on any atom is 0.195 e. The summed E-state index contributed by atoms with van der Waals surface area (Å²) in [5.74, 6) is 3.17. The van der Waals surface area contributed by atoms with E-state index in [-0.39, 0.29) is 0 Å². The van der Waals surface area contributed by atoms with Crippen molar-refractivity contribution in [2.24, 2.45) is 0 Å². The molecule has 7 nitrogen and oxygen atoms in total. The number of thioether (sulfide) groups is 1. The molecule has 0 amide bonds. The van der Waals surface area contributed by atoms with E-state index in [1.807, 2.05) is 24.4 Å². The largest absolute Gasteiger partial charge is 0.497 e. The maximum atomic E-state index is 5.83. The number of methoxy groups -OCH3 is 1. The van der Waals surface area contributed by atoms with Crippen molar-refractivity contribution >= 4 is 11.8 Å². The smallest absolute Gasteiger partial charge is 0.195 e. The highest BCUT2D eigenvalue weighted by Crippen LogP contribution is 2.33. The Morgan fingerprint density at radius 1 is 1.09 bits per heavy atom. The number of ether oxygens (including phenoxy) is 2. The normalized spacial score (nSPS) is 19.7. The van der Waals surface area contributed by atoms with Gasteiger partial charge in [0.05, 0.1) is 24.6 Å². The van der Waals surface area contributed by atoms with Gasteiger partial charge < -0.3 is 9.47 Å². The molecule has 174 valence electrons. The Hall–Kier alpha value is -2.42. The molecule has 2 fully saturated rings. The zero-order valence-corrected chi connectivity index (χ0v) is 19.9. The van der Waals surface area contributed by atoms with Gasteiger partial charge in [-0.1, -0.05) is 23.9 Å². The average molecular weight is 466 g/mol. The van der Waals surface area contributed by atoms with Gasteiger partial charge in [-0.2, -0.15) is 0 Å². The highest BCUT2D eigenvalue weighted by molar-refractivity contribution is 7.99. The van der Waals surface area contributed by atoms with Crippen molar-refractivity contribution < 1.29 is 9.47 Å². The zero-order chi connectivity index (χ0) is 22.5. The standard InChI is InChI=1S/C25H31N5O2S/c1-31-22-8-4-7-21(16-22)30-24(27-28-25(30)33-18-23-9-5-15-32-23)19-10-13-29(14-11-19)17-20-6-2-3-12-26-20/h2-4,6-8,12,16,19,23H,5,9-11,13-15,17-18H2,1H3/t23-/m0/s1. The van der Waals surface area contributed by atoms with E-state index in [1.165, 1.54) is 0 Å². The summed E-state index contributed by atoms with van der Waals surface area (Å²) in [5.41, 5.74) is 2.18. The third-order valence-corrected chi connectivity index (χ3v) is 7.52. The van der Waals surface area contributed by atoms with Crippen LogP contribution in [0.1, 0.15) is 43.1 Å². The minimum absolute atomic E-state index is 0.309. The van der Waals surface area contributed by atoms with Crippen LogP contribution in [0.25, 0.3) is 5.69 Å². The Morgan fingerprint density at radius 3 is 2.76 bits per heavy atom. The van der Waals surface area contributed by atoms with Gasteiger partial charge in [-0.25, -0.2) is 0 Å². The fourth-order valence-corrected chi connectivity index (χ4v) is 5.67. The summed E-state index contributed by atoms with van der Waals surface area (Å²) in [6.07, 6.45) is 6.58. The molecule has 2 aliphatic heterocycles. The molecule has 0 spiro atoms. The van der Waals surface area contributed by atoms with Crippen LogP contribution >= 0.6 is 11.8 Å². The van der Waals surface area contributed by atoms with E-state index in [2.05, 4.69) is 43.8 Å². The monoisotopic (exact) mass is 465 g/mol. The third kappa shape index (κ3) is 5.39. The molecule has 0 aliphatic carbocycles. The van der Waals surface area contributed by atoms with Gasteiger partial charge in [0.1, 0.15) is 11.6 Å². The fourth-order valence-electron chi connectivity index (χ4n) is 4.64. The zero-order valence-electron chi connectivity index (χ0n) is 19.1. The minimum atomic E-state index is 0.309. The molecule has 1 atom stereocenters. The second kappa shape index (κ2) is 10.7. The first-order valence-corrected chi connectivity index (χ1v) is 12.7. The Kier molecular flexibility index (Phi) is 7.24. The first-order valence-electron chi connectivity index (χ1n) is 11.8. The Morgan fingerprint density at radius 2 is 2.00 bits per heavy atom. The molecule has 2 aliphatic rings. The number of nitrogens with zero attached hydrogens (tertiary/aromatic N) is 5. The summed E-state index contributed by atoms with van der Waals surface area (Å²) < 4.78 is 13.6. The summed E-state index contributed by atoms with van der Waals surface area (Å²) in [6, 6.07) is 14.3. The van der Waals surface area contributed by atoms with Gasteiger partial charge in [-0.3, -0.25) is 14.5 Å².